The van der Waals surface area contributed by atoms with Gasteiger partial charge in [0, 0.05) is 30.1 Å². The fourth-order valence-corrected chi connectivity index (χ4v) is 4.18. The van der Waals surface area contributed by atoms with Crippen LogP contribution in [0.4, 0.5) is 0 Å². The van der Waals surface area contributed by atoms with Crippen LogP contribution in [0.25, 0.3) is 0 Å². The maximum Gasteiger partial charge on any atom is 0.0544 e. The summed E-state index contributed by atoms with van der Waals surface area (Å²) < 4.78 is 0. The second-order valence-corrected chi connectivity index (χ2v) is 6.55. The van der Waals surface area contributed by atoms with E-state index >= 15 is 0 Å². The van der Waals surface area contributed by atoms with Crippen molar-refractivity contribution in [2.24, 2.45) is 5.73 Å². The Hall–Kier alpha value is -0.580. The molecule has 2 atom stereocenters. The molecule has 2 rings (SSSR count). The van der Waals surface area contributed by atoms with E-state index in [2.05, 4.69) is 29.9 Å². The van der Waals surface area contributed by atoms with E-state index in [1.807, 2.05) is 30.1 Å². The second kappa shape index (κ2) is 6.04. The Labute approximate surface area is 114 Å². The quantitative estimate of drug-likeness (QED) is 0.905. The third kappa shape index (κ3) is 2.71. The third-order valence-electron chi connectivity index (χ3n) is 4.12. The molecule has 1 aliphatic heterocycles. The van der Waals surface area contributed by atoms with Gasteiger partial charge in [-0.3, -0.25) is 9.88 Å². The number of hydrogen-bond donors (Lipinski definition) is 1. The number of thioether (sulfide) groups is 1. The van der Waals surface area contributed by atoms with Crippen LogP contribution in [0.1, 0.15) is 25.5 Å². The van der Waals surface area contributed by atoms with Gasteiger partial charge in [0.2, 0.25) is 0 Å². The fraction of sp³-hybridized carbons (Fsp3) is 0.643. The van der Waals surface area contributed by atoms with Crippen LogP contribution in [-0.4, -0.2) is 40.0 Å². The number of aromatic nitrogens is 1. The summed E-state index contributed by atoms with van der Waals surface area (Å²) in [5.74, 6) is 1.26. The predicted molar refractivity (Wildman–Crippen MR) is 78.6 cm³/mol. The highest BCUT2D eigenvalue weighted by Gasteiger charge is 2.41. The molecule has 1 aliphatic rings. The van der Waals surface area contributed by atoms with Gasteiger partial charge >= 0.3 is 0 Å². The first kappa shape index (κ1) is 13.8. The zero-order chi connectivity index (χ0) is 13.0. The topological polar surface area (TPSA) is 42.1 Å². The molecule has 1 saturated heterocycles. The Morgan fingerprint density at radius 2 is 2.39 bits per heavy atom. The molecule has 1 aromatic rings. The number of likely N-dealkylation sites (N-methyl/N-ethyl adjacent to an activating group) is 1. The van der Waals surface area contributed by atoms with Crippen molar-refractivity contribution in [2.75, 3.05) is 19.3 Å². The first-order chi connectivity index (χ1) is 8.69. The minimum Gasteiger partial charge on any atom is -0.329 e. The normalized spacial score (nSPS) is 28.6. The SMILES string of the molecule is CC1SCCCC1(CN)N(C)Cc1ccccn1. The molecule has 1 aromatic heterocycles. The number of nitrogens with two attached hydrogens (primary N) is 1. The van der Waals surface area contributed by atoms with Crippen LogP contribution in [0.3, 0.4) is 0 Å². The number of pyridine rings is 1. The van der Waals surface area contributed by atoms with E-state index in [1.54, 1.807) is 0 Å². The van der Waals surface area contributed by atoms with E-state index in [0.717, 1.165) is 18.8 Å². The molecule has 0 aromatic carbocycles. The van der Waals surface area contributed by atoms with E-state index in [9.17, 15) is 0 Å². The van der Waals surface area contributed by atoms with Crippen LogP contribution < -0.4 is 5.73 Å². The molecule has 0 aliphatic carbocycles. The standard InChI is InChI=1S/C14H23N3S/c1-12-14(11-15,7-5-9-18-12)17(2)10-13-6-3-4-8-16-13/h3-4,6,8,12H,5,7,9-11,15H2,1-2H3. The van der Waals surface area contributed by atoms with Gasteiger partial charge in [-0.15, -0.1) is 0 Å². The van der Waals surface area contributed by atoms with Gasteiger partial charge in [-0.1, -0.05) is 13.0 Å². The van der Waals surface area contributed by atoms with E-state index in [0.29, 0.717) is 5.25 Å². The predicted octanol–water partition coefficient (Wildman–Crippen LogP) is 2.13. The van der Waals surface area contributed by atoms with Crippen LogP contribution in [0.15, 0.2) is 24.4 Å². The summed E-state index contributed by atoms with van der Waals surface area (Å²) in [6.45, 7) is 3.92. The van der Waals surface area contributed by atoms with Crippen molar-refractivity contribution < 1.29 is 0 Å². The molecule has 0 saturated carbocycles. The van der Waals surface area contributed by atoms with Crippen molar-refractivity contribution in [2.45, 2.75) is 37.1 Å². The van der Waals surface area contributed by atoms with Crippen LogP contribution in [0, 0.1) is 0 Å². The highest BCUT2D eigenvalue weighted by atomic mass is 32.2. The monoisotopic (exact) mass is 265 g/mol. The second-order valence-electron chi connectivity index (χ2n) is 5.10. The summed E-state index contributed by atoms with van der Waals surface area (Å²) in [4.78, 5) is 6.82. The molecule has 0 bridgehead atoms. The summed E-state index contributed by atoms with van der Waals surface area (Å²) in [7, 11) is 2.18. The molecule has 100 valence electrons. The van der Waals surface area contributed by atoms with Crippen LogP contribution in [0.2, 0.25) is 0 Å². The van der Waals surface area contributed by atoms with Gasteiger partial charge in [-0.25, -0.2) is 0 Å². The molecular weight excluding hydrogens is 242 g/mol. The Kier molecular flexibility index (Phi) is 4.65. The van der Waals surface area contributed by atoms with E-state index < -0.39 is 0 Å². The van der Waals surface area contributed by atoms with Gasteiger partial charge in [0.05, 0.1) is 5.69 Å². The summed E-state index contributed by atoms with van der Waals surface area (Å²) in [6.07, 6.45) is 4.32. The summed E-state index contributed by atoms with van der Waals surface area (Å²) >= 11 is 2.05. The van der Waals surface area contributed by atoms with Crippen molar-refractivity contribution >= 4 is 11.8 Å². The minimum atomic E-state index is 0.125. The number of hydrogen-bond acceptors (Lipinski definition) is 4. The molecular formula is C14H23N3S. The molecule has 0 radical (unpaired) electrons. The van der Waals surface area contributed by atoms with Gasteiger partial charge in [0.15, 0.2) is 0 Å². The van der Waals surface area contributed by atoms with Gasteiger partial charge in [0.1, 0.15) is 0 Å². The van der Waals surface area contributed by atoms with Crippen LogP contribution in [-0.2, 0) is 6.54 Å². The molecule has 0 spiro atoms. The molecule has 1 fully saturated rings. The fourth-order valence-electron chi connectivity index (χ4n) is 2.81. The lowest BCUT2D eigenvalue weighted by Gasteiger charge is -2.48. The van der Waals surface area contributed by atoms with Crippen molar-refractivity contribution in [1.82, 2.24) is 9.88 Å². The largest absolute Gasteiger partial charge is 0.329 e. The summed E-state index contributed by atoms with van der Waals surface area (Å²) in [5.41, 5.74) is 7.35. The van der Waals surface area contributed by atoms with Crippen molar-refractivity contribution in [1.29, 1.82) is 0 Å². The van der Waals surface area contributed by atoms with Gasteiger partial charge in [-0.05, 0) is 37.8 Å². The van der Waals surface area contributed by atoms with Gasteiger partial charge < -0.3 is 5.73 Å². The molecule has 3 nitrogen and oxygen atoms in total. The van der Waals surface area contributed by atoms with Crippen molar-refractivity contribution in [3.63, 3.8) is 0 Å². The first-order valence-electron chi connectivity index (χ1n) is 6.62. The van der Waals surface area contributed by atoms with Crippen molar-refractivity contribution in [3.8, 4) is 0 Å². The van der Waals surface area contributed by atoms with E-state index in [1.165, 1.54) is 18.6 Å². The maximum atomic E-state index is 6.11. The van der Waals surface area contributed by atoms with Crippen molar-refractivity contribution in [3.05, 3.63) is 30.1 Å². The maximum absolute atomic E-state index is 6.11. The number of rotatable bonds is 4. The molecule has 0 amide bonds. The summed E-state index contributed by atoms with van der Waals surface area (Å²) in [6, 6.07) is 6.09. The zero-order valence-electron chi connectivity index (χ0n) is 11.3. The molecule has 18 heavy (non-hydrogen) atoms. The average Bonchev–Trinajstić information content (AvgIpc) is 2.40. The summed E-state index contributed by atoms with van der Waals surface area (Å²) in [5, 5.41) is 0.588. The average molecular weight is 265 g/mol. The highest BCUT2D eigenvalue weighted by molar-refractivity contribution is 8.00. The number of nitrogens with zero attached hydrogens (tertiary/aromatic N) is 2. The molecule has 2 N–H and O–H groups in total. The lowest BCUT2D eigenvalue weighted by molar-refractivity contribution is 0.103. The van der Waals surface area contributed by atoms with Gasteiger partial charge in [-0.2, -0.15) is 11.8 Å². The molecule has 4 heteroatoms. The lowest BCUT2D eigenvalue weighted by Crippen LogP contribution is -2.59. The van der Waals surface area contributed by atoms with Crippen LogP contribution >= 0.6 is 11.8 Å². The Morgan fingerprint density at radius 1 is 1.56 bits per heavy atom. The first-order valence-corrected chi connectivity index (χ1v) is 7.67. The Bertz CT molecular complexity index is 371. The van der Waals surface area contributed by atoms with E-state index in [-0.39, 0.29) is 5.54 Å². The third-order valence-corrected chi connectivity index (χ3v) is 5.58. The lowest BCUT2D eigenvalue weighted by atomic mass is 9.87. The van der Waals surface area contributed by atoms with E-state index in [4.69, 9.17) is 5.73 Å². The minimum absolute atomic E-state index is 0.125. The Morgan fingerprint density at radius 3 is 3.00 bits per heavy atom. The van der Waals surface area contributed by atoms with Crippen LogP contribution in [0.5, 0.6) is 0 Å². The zero-order valence-corrected chi connectivity index (χ0v) is 12.1. The molecule has 2 unspecified atom stereocenters. The molecule has 2 heterocycles. The Balaban J connectivity index is 2.12. The smallest absolute Gasteiger partial charge is 0.0544 e. The van der Waals surface area contributed by atoms with Gasteiger partial charge in [0.25, 0.3) is 0 Å². The highest BCUT2D eigenvalue weighted by Crippen LogP contribution is 2.37.